The lowest BCUT2D eigenvalue weighted by molar-refractivity contribution is -0.125. The summed E-state index contributed by atoms with van der Waals surface area (Å²) in [5, 5.41) is 5.69. The van der Waals surface area contributed by atoms with Crippen molar-refractivity contribution in [1.82, 2.24) is 15.5 Å². The van der Waals surface area contributed by atoms with E-state index in [1.165, 1.54) is 5.56 Å². The van der Waals surface area contributed by atoms with Crippen molar-refractivity contribution in [3.8, 4) is 5.75 Å². The molecule has 2 aliphatic rings. The molecule has 1 atom stereocenters. The summed E-state index contributed by atoms with van der Waals surface area (Å²) < 4.78 is 5.20. The van der Waals surface area contributed by atoms with Crippen LogP contribution in [-0.2, 0) is 11.2 Å². The number of nitrogens with one attached hydrogen (secondary N) is 2. The van der Waals surface area contributed by atoms with E-state index in [1.54, 1.807) is 7.11 Å². The van der Waals surface area contributed by atoms with Crippen LogP contribution >= 0.6 is 0 Å². The van der Waals surface area contributed by atoms with E-state index in [-0.39, 0.29) is 11.9 Å². The summed E-state index contributed by atoms with van der Waals surface area (Å²) in [6.45, 7) is 1.11. The number of hydrogen-bond donors (Lipinski definition) is 2. The second-order valence-electron chi connectivity index (χ2n) is 7.01. The van der Waals surface area contributed by atoms with Crippen LogP contribution in [0.5, 0.6) is 5.75 Å². The van der Waals surface area contributed by atoms with Crippen LogP contribution in [0.15, 0.2) is 65.9 Å². The van der Waals surface area contributed by atoms with Crippen LogP contribution in [0, 0.1) is 0 Å². The Bertz CT molecular complexity index is 906. The number of amides is 3. The number of methoxy groups -OCH3 is 1. The van der Waals surface area contributed by atoms with E-state index in [0.717, 1.165) is 24.2 Å². The molecule has 2 aliphatic heterocycles. The van der Waals surface area contributed by atoms with E-state index >= 15 is 0 Å². The first-order valence-corrected chi connectivity index (χ1v) is 9.43. The number of aryl methyl sites for hydroxylation is 1. The fourth-order valence-corrected chi connectivity index (χ4v) is 3.77. The highest BCUT2D eigenvalue weighted by Gasteiger charge is 2.40. The summed E-state index contributed by atoms with van der Waals surface area (Å²) in [5.41, 5.74) is 3.46. The van der Waals surface area contributed by atoms with Gasteiger partial charge in [-0.3, -0.25) is 4.79 Å². The molecule has 3 amide bonds. The van der Waals surface area contributed by atoms with Crippen molar-refractivity contribution < 1.29 is 14.3 Å². The zero-order chi connectivity index (χ0) is 19.5. The molecule has 6 heteroatoms. The van der Waals surface area contributed by atoms with Gasteiger partial charge in [-0.05, 0) is 36.1 Å². The highest BCUT2D eigenvalue weighted by Crippen LogP contribution is 2.33. The molecule has 0 aromatic heterocycles. The predicted octanol–water partition coefficient (Wildman–Crippen LogP) is 2.78. The minimum absolute atomic E-state index is 0.0172. The van der Waals surface area contributed by atoms with Crippen molar-refractivity contribution in [2.75, 3.05) is 20.2 Å². The van der Waals surface area contributed by atoms with E-state index in [1.807, 2.05) is 47.4 Å². The zero-order valence-corrected chi connectivity index (χ0v) is 15.8. The number of rotatable bonds is 6. The smallest absolute Gasteiger partial charge is 0.319 e. The van der Waals surface area contributed by atoms with Crippen molar-refractivity contribution in [3.05, 3.63) is 77.0 Å². The molecule has 2 aromatic rings. The lowest BCUT2D eigenvalue weighted by atomic mass is 9.96. The molecule has 2 aromatic carbocycles. The topological polar surface area (TPSA) is 70.7 Å². The second kappa shape index (κ2) is 7.76. The number of hydrogen-bond acceptors (Lipinski definition) is 3. The van der Waals surface area contributed by atoms with Crippen LogP contribution in [0.4, 0.5) is 4.79 Å². The largest absolute Gasteiger partial charge is 0.497 e. The number of urea groups is 1. The summed E-state index contributed by atoms with van der Waals surface area (Å²) >= 11 is 0. The van der Waals surface area contributed by atoms with Gasteiger partial charge in [-0.1, -0.05) is 42.5 Å². The van der Waals surface area contributed by atoms with Crippen molar-refractivity contribution in [3.63, 3.8) is 0 Å². The molecule has 0 saturated carbocycles. The van der Waals surface area contributed by atoms with Crippen LogP contribution in [-0.4, -0.2) is 37.0 Å². The van der Waals surface area contributed by atoms with Crippen LogP contribution in [0.25, 0.3) is 0 Å². The lowest BCUT2D eigenvalue weighted by Crippen LogP contribution is -2.44. The fraction of sp³-hybridized carbons (Fsp3) is 0.273. The van der Waals surface area contributed by atoms with Crippen molar-refractivity contribution in [2.45, 2.75) is 18.9 Å². The molecule has 0 bridgehead atoms. The summed E-state index contributed by atoms with van der Waals surface area (Å²) in [5.74, 6) is 0.717. The maximum atomic E-state index is 13.0. The van der Waals surface area contributed by atoms with Gasteiger partial charge in [0, 0.05) is 6.54 Å². The number of carbonyl (C=O) groups is 2. The normalized spacial score (nSPS) is 18.6. The quantitative estimate of drug-likeness (QED) is 0.813. The highest BCUT2D eigenvalue weighted by atomic mass is 16.5. The third kappa shape index (κ3) is 3.58. The summed E-state index contributed by atoms with van der Waals surface area (Å²) in [4.78, 5) is 27.0. The Balaban J connectivity index is 1.47. The van der Waals surface area contributed by atoms with Gasteiger partial charge in [-0.25, -0.2) is 4.79 Å². The molecule has 6 nitrogen and oxygen atoms in total. The summed E-state index contributed by atoms with van der Waals surface area (Å²) in [7, 11) is 1.61. The van der Waals surface area contributed by atoms with E-state index in [2.05, 4.69) is 22.8 Å². The Labute approximate surface area is 164 Å². The second-order valence-corrected chi connectivity index (χ2v) is 7.01. The van der Waals surface area contributed by atoms with Gasteiger partial charge in [0.15, 0.2) is 0 Å². The molecule has 0 saturated heterocycles. The SMILES string of the molecule is COc1ccc([C@H]2NC(=O)NC3=C2C(=O)N(CCCc2ccccc2)C3)cc1. The molecule has 2 heterocycles. The van der Waals surface area contributed by atoms with Gasteiger partial charge in [-0.15, -0.1) is 0 Å². The lowest BCUT2D eigenvalue weighted by Gasteiger charge is -2.25. The third-order valence-electron chi connectivity index (χ3n) is 5.21. The van der Waals surface area contributed by atoms with Gasteiger partial charge in [0.1, 0.15) is 5.75 Å². The molecule has 0 fully saturated rings. The van der Waals surface area contributed by atoms with Crippen LogP contribution in [0.1, 0.15) is 23.6 Å². The Kier molecular flexibility index (Phi) is 5.02. The summed E-state index contributed by atoms with van der Waals surface area (Å²) in [6, 6.07) is 16.9. The molecule has 0 aliphatic carbocycles. The van der Waals surface area contributed by atoms with Crippen LogP contribution in [0.3, 0.4) is 0 Å². The van der Waals surface area contributed by atoms with Crippen molar-refractivity contribution >= 4 is 11.9 Å². The molecule has 144 valence electrons. The molecular formula is C22H23N3O3. The van der Waals surface area contributed by atoms with Gasteiger partial charge in [-0.2, -0.15) is 0 Å². The van der Waals surface area contributed by atoms with Gasteiger partial charge >= 0.3 is 6.03 Å². The molecule has 0 unspecified atom stereocenters. The Morgan fingerprint density at radius 1 is 1.07 bits per heavy atom. The summed E-state index contributed by atoms with van der Waals surface area (Å²) in [6.07, 6.45) is 1.80. The number of carbonyl (C=O) groups excluding carboxylic acids is 2. The van der Waals surface area contributed by atoms with Gasteiger partial charge in [0.25, 0.3) is 5.91 Å². The van der Waals surface area contributed by atoms with Crippen LogP contribution in [0.2, 0.25) is 0 Å². The van der Waals surface area contributed by atoms with E-state index in [4.69, 9.17) is 4.74 Å². The predicted molar refractivity (Wildman–Crippen MR) is 106 cm³/mol. The number of benzene rings is 2. The molecule has 2 N–H and O–H groups in total. The van der Waals surface area contributed by atoms with E-state index < -0.39 is 6.04 Å². The first-order chi connectivity index (χ1) is 13.7. The molecule has 0 spiro atoms. The van der Waals surface area contributed by atoms with Gasteiger partial charge in [0.2, 0.25) is 0 Å². The third-order valence-corrected chi connectivity index (χ3v) is 5.21. The standard InChI is InChI=1S/C22H23N3O3/c1-28-17-11-9-16(10-12-17)20-19-18(23-22(27)24-20)14-25(21(19)26)13-5-8-15-6-3-2-4-7-15/h2-4,6-7,9-12,20H,5,8,13-14H2,1H3,(H2,23,24,27)/t20-/m1/s1. The number of ether oxygens (including phenoxy) is 1. The Morgan fingerprint density at radius 3 is 2.54 bits per heavy atom. The van der Waals surface area contributed by atoms with Crippen molar-refractivity contribution in [1.29, 1.82) is 0 Å². The molecule has 4 rings (SSSR count). The molecule has 28 heavy (non-hydrogen) atoms. The maximum Gasteiger partial charge on any atom is 0.319 e. The zero-order valence-electron chi connectivity index (χ0n) is 15.8. The average molecular weight is 377 g/mol. The Morgan fingerprint density at radius 2 is 1.82 bits per heavy atom. The highest BCUT2D eigenvalue weighted by molar-refractivity contribution is 6.01. The van der Waals surface area contributed by atoms with E-state index in [9.17, 15) is 9.59 Å². The maximum absolute atomic E-state index is 13.0. The number of nitrogens with zero attached hydrogens (tertiary/aromatic N) is 1. The minimum Gasteiger partial charge on any atom is -0.497 e. The first-order valence-electron chi connectivity index (χ1n) is 9.43. The molecule has 0 radical (unpaired) electrons. The Hall–Kier alpha value is -3.28. The average Bonchev–Trinajstić information content (AvgIpc) is 3.03. The van der Waals surface area contributed by atoms with Gasteiger partial charge < -0.3 is 20.3 Å². The van der Waals surface area contributed by atoms with Crippen molar-refractivity contribution in [2.24, 2.45) is 0 Å². The van der Waals surface area contributed by atoms with Crippen LogP contribution < -0.4 is 15.4 Å². The first kappa shape index (κ1) is 18.1. The van der Waals surface area contributed by atoms with E-state index in [0.29, 0.717) is 24.4 Å². The minimum atomic E-state index is -0.443. The molecular weight excluding hydrogens is 354 g/mol. The van der Waals surface area contributed by atoms with Gasteiger partial charge in [0.05, 0.1) is 31.0 Å². The fourth-order valence-electron chi connectivity index (χ4n) is 3.77. The monoisotopic (exact) mass is 377 g/mol.